The number of hydrogen-bond donors (Lipinski definition) is 4. The highest BCUT2D eigenvalue weighted by Gasteiger charge is 2.41. The molecule has 0 aliphatic carbocycles. The molecule has 1 saturated heterocycles. The molecule has 8 heteroatoms. The van der Waals surface area contributed by atoms with Crippen LogP contribution in [-0.4, -0.2) is 50.9 Å². The second-order valence-corrected chi connectivity index (χ2v) is 5.13. The molecule has 0 aromatic heterocycles. The molecule has 0 saturated carbocycles. The number of nitro benzene ring substituents is 1. The molecule has 2 rings (SSSR count). The number of aliphatic hydroxyl groups is 3. The first kappa shape index (κ1) is 15.6. The molecule has 4 N–H and O–H groups in total. The van der Waals surface area contributed by atoms with Gasteiger partial charge in [-0.2, -0.15) is 0 Å². The molecule has 8 nitrogen and oxygen atoms in total. The van der Waals surface area contributed by atoms with Gasteiger partial charge in [0.05, 0.1) is 11.0 Å². The summed E-state index contributed by atoms with van der Waals surface area (Å²) < 4.78 is 5.41. The Hall–Kier alpha value is -1.74. The number of hydrogen-bond acceptors (Lipinski definition) is 7. The molecule has 1 aromatic carbocycles. The van der Waals surface area contributed by atoms with Crippen molar-refractivity contribution < 1.29 is 25.0 Å². The van der Waals surface area contributed by atoms with Crippen molar-refractivity contribution in [1.29, 1.82) is 0 Å². The average Bonchev–Trinajstić information content (AvgIpc) is 2.44. The Labute approximate surface area is 121 Å². The van der Waals surface area contributed by atoms with Gasteiger partial charge < -0.3 is 25.4 Å². The number of nitrogens with one attached hydrogen (secondary N) is 1. The van der Waals surface area contributed by atoms with Crippen LogP contribution in [0.2, 0.25) is 0 Å². The first-order valence-corrected chi connectivity index (χ1v) is 6.52. The van der Waals surface area contributed by atoms with Crippen LogP contribution in [0.5, 0.6) is 0 Å². The predicted molar refractivity (Wildman–Crippen MR) is 73.8 cm³/mol. The van der Waals surface area contributed by atoms with E-state index in [1.165, 1.54) is 18.2 Å². The van der Waals surface area contributed by atoms with Crippen LogP contribution in [0.3, 0.4) is 0 Å². The number of aliphatic hydroxyl groups excluding tert-OH is 3. The third-order valence-electron chi connectivity index (χ3n) is 3.57. The molecule has 0 amide bonds. The lowest BCUT2D eigenvalue weighted by Gasteiger charge is -2.40. The molecule has 21 heavy (non-hydrogen) atoms. The Bertz CT molecular complexity index is 537. The summed E-state index contributed by atoms with van der Waals surface area (Å²) in [5, 5.41) is 42.8. The Morgan fingerprint density at radius 3 is 2.48 bits per heavy atom. The fourth-order valence-corrected chi connectivity index (χ4v) is 2.25. The van der Waals surface area contributed by atoms with E-state index in [2.05, 4.69) is 5.32 Å². The van der Waals surface area contributed by atoms with E-state index in [-0.39, 0.29) is 5.69 Å². The highest BCUT2D eigenvalue weighted by molar-refractivity contribution is 5.55. The molecule has 0 radical (unpaired) electrons. The normalized spacial score (nSPS) is 32.7. The van der Waals surface area contributed by atoms with Gasteiger partial charge in [-0.3, -0.25) is 10.1 Å². The molecule has 1 aliphatic heterocycles. The van der Waals surface area contributed by atoms with E-state index in [1.54, 1.807) is 13.8 Å². The number of nitro groups is 1. The minimum Gasteiger partial charge on any atom is -0.388 e. The third kappa shape index (κ3) is 3.13. The lowest BCUT2D eigenvalue weighted by molar-refractivity contribution is -0.384. The molecular formula is C13H18N2O6. The molecule has 0 unspecified atom stereocenters. The predicted octanol–water partition coefficient (Wildman–Crippen LogP) is 0.143. The van der Waals surface area contributed by atoms with Crippen LogP contribution < -0.4 is 5.32 Å². The van der Waals surface area contributed by atoms with E-state index in [4.69, 9.17) is 4.74 Å². The Morgan fingerprint density at radius 1 is 1.24 bits per heavy atom. The fraction of sp³-hybridized carbons (Fsp3) is 0.538. The number of rotatable bonds is 3. The van der Waals surface area contributed by atoms with Gasteiger partial charge in [0, 0.05) is 17.8 Å². The maximum Gasteiger partial charge on any atom is 0.269 e. The Kier molecular flexibility index (Phi) is 4.43. The molecule has 0 bridgehead atoms. The summed E-state index contributed by atoms with van der Waals surface area (Å²) in [6.45, 7) is 3.26. The van der Waals surface area contributed by atoms with Crippen LogP contribution in [0.15, 0.2) is 18.2 Å². The molecule has 1 heterocycles. The van der Waals surface area contributed by atoms with Crippen molar-refractivity contribution in [2.45, 2.75) is 44.5 Å². The van der Waals surface area contributed by atoms with E-state index >= 15 is 0 Å². The van der Waals surface area contributed by atoms with Crippen LogP contribution in [0.4, 0.5) is 11.4 Å². The van der Waals surface area contributed by atoms with E-state index in [9.17, 15) is 25.4 Å². The average molecular weight is 298 g/mol. The van der Waals surface area contributed by atoms with Crippen LogP contribution in [0.25, 0.3) is 0 Å². The van der Waals surface area contributed by atoms with Crippen molar-refractivity contribution in [3.63, 3.8) is 0 Å². The minimum absolute atomic E-state index is 0.0352. The van der Waals surface area contributed by atoms with Gasteiger partial charge in [-0.1, -0.05) is 0 Å². The second kappa shape index (κ2) is 5.94. The first-order valence-electron chi connectivity index (χ1n) is 6.52. The molecular weight excluding hydrogens is 280 g/mol. The van der Waals surface area contributed by atoms with Gasteiger partial charge in [0.1, 0.15) is 18.3 Å². The molecule has 1 fully saturated rings. The summed E-state index contributed by atoms with van der Waals surface area (Å²) in [4.78, 5) is 10.2. The SMILES string of the molecule is Cc1cc([N+](=O)[O-])ccc1N[C@@H]1O[C@@H](C)[C@H](O)[C@@H](O)[C@H]1O. The van der Waals surface area contributed by atoms with Gasteiger partial charge in [0.2, 0.25) is 0 Å². The number of non-ortho nitro benzene ring substituents is 1. The molecule has 1 aliphatic rings. The van der Waals surface area contributed by atoms with Crippen molar-refractivity contribution in [2.24, 2.45) is 0 Å². The molecule has 5 atom stereocenters. The zero-order valence-corrected chi connectivity index (χ0v) is 11.6. The summed E-state index contributed by atoms with van der Waals surface area (Å²) in [6.07, 6.45) is -5.38. The quantitative estimate of drug-likeness (QED) is 0.462. The highest BCUT2D eigenvalue weighted by atomic mass is 16.6. The number of anilines is 1. The van der Waals surface area contributed by atoms with Crippen LogP contribution in [0, 0.1) is 17.0 Å². The Balaban J connectivity index is 2.16. The first-order chi connectivity index (χ1) is 9.81. The van der Waals surface area contributed by atoms with E-state index in [1.807, 2.05) is 0 Å². The zero-order valence-electron chi connectivity index (χ0n) is 11.6. The summed E-state index contributed by atoms with van der Waals surface area (Å²) in [5.41, 5.74) is 1.11. The number of ether oxygens (including phenoxy) is 1. The lowest BCUT2D eigenvalue weighted by atomic mass is 9.99. The third-order valence-corrected chi connectivity index (χ3v) is 3.57. The van der Waals surface area contributed by atoms with Gasteiger partial charge in [0.25, 0.3) is 5.69 Å². The number of aryl methyl sites for hydroxylation is 1. The van der Waals surface area contributed by atoms with E-state index in [0.717, 1.165) is 0 Å². The summed E-state index contributed by atoms with van der Waals surface area (Å²) in [5.74, 6) is 0. The monoisotopic (exact) mass is 298 g/mol. The van der Waals surface area contributed by atoms with Gasteiger partial charge in [-0.15, -0.1) is 0 Å². The van der Waals surface area contributed by atoms with Gasteiger partial charge in [-0.05, 0) is 25.5 Å². The maximum atomic E-state index is 10.7. The van der Waals surface area contributed by atoms with Crippen molar-refractivity contribution in [1.82, 2.24) is 0 Å². The lowest BCUT2D eigenvalue weighted by Crippen LogP contribution is -2.58. The number of benzene rings is 1. The van der Waals surface area contributed by atoms with Crippen LogP contribution in [-0.2, 0) is 4.74 Å². The molecule has 116 valence electrons. The van der Waals surface area contributed by atoms with E-state index < -0.39 is 35.6 Å². The van der Waals surface area contributed by atoms with Gasteiger partial charge in [-0.25, -0.2) is 0 Å². The number of nitrogens with zero attached hydrogens (tertiary/aromatic N) is 1. The standard InChI is InChI=1S/C13H18N2O6/c1-6-5-8(15(19)20)3-4-9(6)14-13-12(18)11(17)10(16)7(2)21-13/h3-5,7,10-14,16-18H,1-2H3/t7-,10-,11+,12+,13+/m0/s1. The summed E-state index contributed by atoms with van der Waals surface area (Å²) >= 11 is 0. The second-order valence-electron chi connectivity index (χ2n) is 5.13. The van der Waals surface area contributed by atoms with Crippen molar-refractivity contribution in [3.05, 3.63) is 33.9 Å². The zero-order chi connectivity index (χ0) is 15.7. The summed E-state index contributed by atoms with van der Waals surface area (Å²) in [7, 11) is 0. The topological polar surface area (TPSA) is 125 Å². The van der Waals surface area contributed by atoms with Gasteiger partial charge >= 0.3 is 0 Å². The van der Waals surface area contributed by atoms with Gasteiger partial charge in [0.15, 0.2) is 6.23 Å². The molecule has 0 spiro atoms. The highest BCUT2D eigenvalue weighted by Crippen LogP contribution is 2.26. The van der Waals surface area contributed by atoms with Crippen LogP contribution in [0.1, 0.15) is 12.5 Å². The van der Waals surface area contributed by atoms with E-state index in [0.29, 0.717) is 11.3 Å². The summed E-state index contributed by atoms with van der Waals surface area (Å²) in [6, 6.07) is 4.23. The Morgan fingerprint density at radius 2 is 1.90 bits per heavy atom. The molecule has 1 aromatic rings. The maximum absolute atomic E-state index is 10.7. The minimum atomic E-state index is -1.33. The van der Waals surface area contributed by atoms with Crippen molar-refractivity contribution in [2.75, 3.05) is 5.32 Å². The van der Waals surface area contributed by atoms with Crippen molar-refractivity contribution >= 4 is 11.4 Å². The smallest absolute Gasteiger partial charge is 0.269 e. The fourth-order valence-electron chi connectivity index (χ4n) is 2.25. The van der Waals surface area contributed by atoms with Crippen molar-refractivity contribution in [3.8, 4) is 0 Å². The largest absolute Gasteiger partial charge is 0.388 e. The van der Waals surface area contributed by atoms with Crippen LogP contribution >= 0.6 is 0 Å².